The quantitative estimate of drug-likeness (QED) is 0.683. The van der Waals surface area contributed by atoms with Crippen molar-refractivity contribution >= 4 is 17.2 Å². The van der Waals surface area contributed by atoms with E-state index in [-0.39, 0.29) is 0 Å². The van der Waals surface area contributed by atoms with Crippen molar-refractivity contribution in [3.05, 3.63) is 0 Å². The lowest BCUT2D eigenvalue weighted by Crippen LogP contribution is -2.50. The molecule has 2 nitrogen and oxygen atoms in total. The maximum Gasteiger partial charge on any atom is 0.112 e. The Morgan fingerprint density at radius 3 is 2.15 bits per heavy atom. The molecule has 13 heavy (non-hydrogen) atoms. The van der Waals surface area contributed by atoms with E-state index >= 15 is 0 Å². The SMILES string of the molecule is CN(C)CCC[Si](C)(C)N[SiH](C)C. The van der Waals surface area contributed by atoms with Crippen molar-refractivity contribution in [1.29, 1.82) is 0 Å². The summed E-state index contributed by atoms with van der Waals surface area (Å²) in [4.78, 5) is 2.28. The fraction of sp³-hybridized carbons (Fsp3) is 1.00. The van der Waals surface area contributed by atoms with Crippen molar-refractivity contribution in [1.82, 2.24) is 9.55 Å². The fourth-order valence-corrected chi connectivity index (χ4v) is 9.56. The van der Waals surface area contributed by atoms with E-state index in [4.69, 9.17) is 0 Å². The summed E-state index contributed by atoms with van der Waals surface area (Å²) in [5.74, 6) is 0. The van der Waals surface area contributed by atoms with Crippen LogP contribution in [0.15, 0.2) is 0 Å². The molecule has 0 amide bonds. The van der Waals surface area contributed by atoms with Crippen LogP contribution in [0, 0.1) is 0 Å². The minimum Gasteiger partial charge on any atom is -0.362 e. The largest absolute Gasteiger partial charge is 0.362 e. The predicted octanol–water partition coefficient (Wildman–Crippen LogP) is 1.72. The third kappa shape index (κ3) is 8.68. The van der Waals surface area contributed by atoms with Crippen LogP contribution >= 0.6 is 0 Å². The Bertz CT molecular complexity index is 136. The van der Waals surface area contributed by atoms with Crippen molar-refractivity contribution in [2.75, 3.05) is 20.6 Å². The molecule has 0 bridgehead atoms. The minimum absolute atomic E-state index is 0.565. The van der Waals surface area contributed by atoms with Crippen LogP contribution in [0.25, 0.3) is 0 Å². The number of nitrogens with zero attached hydrogens (tertiary/aromatic N) is 1. The molecule has 0 saturated heterocycles. The normalized spacial score (nSPS) is 12.9. The molecule has 0 aromatic heterocycles. The maximum absolute atomic E-state index is 3.85. The van der Waals surface area contributed by atoms with Crippen molar-refractivity contribution in [2.45, 2.75) is 38.7 Å². The van der Waals surface area contributed by atoms with E-state index in [0.29, 0.717) is 0 Å². The molecule has 0 rings (SSSR count). The van der Waals surface area contributed by atoms with Crippen LogP contribution < -0.4 is 4.65 Å². The van der Waals surface area contributed by atoms with E-state index in [1.807, 2.05) is 0 Å². The van der Waals surface area contributed by atoms with Gasteiger partial charge in [-0.2, -0.15) is 0 Å². The van der Waals surface area contributed by atoms with Crippen molar-refractivity contribution in [3.8, 4) is 0 Å². The highest BCUT2D eigenvalue weighted by atomic mass is 28.4. The second-order valence-electron chi connectivity index (χ2n) is 5.09. The molecule has 0 heterocycles. The molecule has 0 fully saturated rings. The highest BCUT2D eigenvalue weighted by molar-refractivity contribution is 6.83. The molecule has 0 saturated carbocycles. The molecule has 0 unspecified atom stereocenters. The second kappa shape index (κ2) is 5.95. The lowest BCUT2D eigenvalue weighted by atomic mass is 10.5. The first-order valence-electron chi connectivity index (χ1n) is 5.26. The molecule has 0 atom stereocenters. The summed E-state index contributed by atoms with van der Waals surface area (Å²) < 4.78 is 3.85. The summed E-state index contributed by atoms with van der Waals surface area (Å²) >= 11 is 0. The van der Waals surface area contributed by atoms with E-state index in [9.17, 15) is 0 Å². The third-order valence-electron chi connectivity index (χ3n) is 2.09. The molecule has 0 aliphatic heterocycles. The smallest absolute Gasteiger partial charge is 0.112 e. The van der Waals surface area contributed by atoms with Crippen LogP contribution in [-0.2, 0) is 0 Å². The molecule has 80 valence electrons. The Balaban J connectivity index is 3.62. The van der Waals surface area contributed by atoms with Crippen molar-refractivity contribution in [2.24, 2.45) is 0 Å². The summed E-state index contributed by atoms with van der Waals surface area (Å²) in [7, 11) is 2.69. The molecule has 0 aliphatic carbocycles. The van der Waals surface area contributed by atoms with Crippen LogP contribution in [0.3, 0.4) is 0 Å². The molecule has 0 aromatic carbocycles. The first-order valence-corrected chi connectivity index (χ1v) is 11.4. The Morgan fingerprint density at radius 2 is 1.77 bits per heavy atom. The van der Waals surface area contributed by atoms with Crippen LogP contribution in [0.2, 0.25) is 32.2 Å². The van der Waals surface area contributed by atoms with E-state index in [1.165, 1.54) is 19.0 Å². The lowest BCUT2D eigenvalue weighted by molar-refractivity contribution is 0.407. The zero-order valence-corrected chi connectivity index (χ0v) is 12.3. The van der Waals surface area contributed by atoms with E-state index in [2.05, 4.69) is 49.8 Å². The minimum atomic E-state index is -1.05. The summed E-state index contributed by atoms with van der Waals surface area (Å²) in [5.41, 5.74) is 0. The van der Waals surface area contributed by atoms with E-state index in [1.54, 1.807) is 0 Å². The molecule has 0 radical (unpaired) electrons. The first-order chi connectivity index (χ1) is 5.83. The number of hydrogen-bond acceptors (Lipinski definition) is 2. The van der Waals surface area contributed by atoms with Gasteiger partial charge in [-0.3, -0.25) is 0 Å². The summed E-state index contributed by atoms with van der Waals surface area (Å²) in [6.07, 6.45) is 1.35. The number of nitrogens with one attached hydrogen (secondary N) is 1. The number of rotatable bonds is 6. The topological polar surface area (TPSA) is 15.3 Å². The van der Waals surface area contributed by atoms with Crippen LogP contribution in [0.4, 0.5) is 0 Å². The van der Waals surface area contributed by atoms with Gasteiger partial charge in [-0.25, -0.2) is 0 Å². The van der Waals surface area contributed by atoms with Gasteiger partial charge < -0.3 is 9.55 Å². The standard InChI is InChI=1S/C9H26N2Si2/c1-11(2)8-7-9-13(5,6)10-12(3)4/h10,12H,7-9H2,1-6H3. The van der Waals surface area contributed by atoms with Gasteiger partial charge in [-0.15, -0.1) is 0 Å². The third-order valence-corrected chi connectivity index (χ3v) is 9.13. The molecule has 0 aliphatic rings. The molecule has 4 heteroatoms. The summed E-state index contributed by atoms with van der Waals surface area (Å²) in [5, 5.41) is 0. The van der Waals surface area contributed by atoms with Crippen molar-refractivity contribution in [3.63, 3.8) is 0 Å². The molecule has 0 aromatic rings. The van der Waals surface area contributed by atoms with Gasteiger partial charge in [0, 0.05) is 0 Å². The summed E-state index contributed by atoms with van der Waals surface area (Å²) in [6, 6.07) is 1.41. The number of hydrogen-bond donors (Lipinski definition) is 1. The van der Waals surface area contributed by atoms with Gasteiger partial charge in [0.2, 0.25) is 0 Å². The predicted molar refractivity (Wildman–Crippen MR) is 67.5 cm³/mol. The molecular formula is C9H26N2Si2. The average molecular weight is 218 g/mol. The Hall–Kier alpha value is 0.354. The van der Waals surface area contributed by atoms with Gasteiger partial charge in [0.05, 0.1) is 8.96 Å². The highest BCUT2D eigenvalue weighted by Crippen LogP contribution is 2.09. The van der Waals surface area contributed by atoms with Crippen LogP contribution in [0.1, 0.15) is 6.42 Å². The zero-order chi connectivity index (χ0) is 10.5. The Labute approximate surface area is 86.5 Å². The zero-order valence-electron chi connectivity index (χ0n) is 10.1. The fourth-order valence-electron chi connectivity index (χ4n) is 1.69. The monoisotopic (exact) mass is 218 g/mol. The van der Waals surface area contributed by atoms with E-state index in [0.717, 1.165) is 0 Å². The molecule has 1 N–H and O–H groups in total. The average Bonchev–Trinajstić information content (AvgIpc) is 1.81. The molecule has 0 spiro atoms. The van der Waals surface area contributed by atoms with Crippen molar-refractivity contribution < 1.29 is 0 Å². The lowest BCUT2D eigenvalue weighted by Gasteiger charge is -2.26. The van der Waals surface area contributed by atoms with Gasteiger partial charge >= 0.3 is 0 Å². The van der Waals surface area contributed by atoms with Gasteiger partial charge in [0.1, 0.15) is 8.24 Å². The van der Waals surface area contributed by atoms with E-state index < -0.39 is 17.2 Å². The van der Waals surface area contributed by atoms with Crippen LogP contribution in [0.5, 0.6) is 0 Å². The Kier molecular flexibility index (Phi) is 6.12. The van der Waals surface area contributed by atoms with Gasteiger partial charge in [-0.1, -0.05) is 26.2 Å². The van der Waals surface area contributed by atoms with Gasteiger partial charge in [0.15, 0.2) is 0 Å². The highest BCUT2D eigenvalue weighted by Gasteiger charge is 2.20. The van der Waals surface area contributed by atoms with Gasteiger partial charge in [-0.05, 0) is 33.1 Å². The Morgan fingerprint density at radius 1 is 1.23 bits per heavy atom. The maximum atomic E-state index is 3.85. The second-order valence-corrected chi connectivity index (χ2v) is 12.8. The first kappa shape index (κ1) is 13.4. The molecular weight excluding hydrogens is 192 g/mol. The van der Waals surface area contributed by atoms with Gasteiger partial charge in [0.25, 0.3) is 0 Å². The summed E-state index contributed by atoms with van der Waals surface area (Å²) in [6.45, 7) is 10.9. The van der Waals surface area contributed by atoms with Crippen LogP contribution in [-0.4, -0.2) is 42.7 Å².